The van der Waals surface area contributed by atoms with E-state index in [1.54, 1.807) is 17.2 Å². The molecule has 1 aromatic heterocycles. The van der Waals surface area contributed by atoms with E-state index in [0.717, 1.165) is 0 Å². The third-order valence-electron chi connectivity index (χ3n) is 4.86. The zero-order valence-electron chi connectivity index (χ0n) is 13.6. The fourth-order valence-electron chi connectivity index (χ4n) is 3.40. The van der Waals surface area contributed by atoms with Gasteiger partial charge in [0.2, 0.25) is 0 Å². The molecule has 1 aromatic rings. The van der Waals surface area contributed by atoms with Gasteiger partial charge < -0.3 is 15.0 Å². The van der Waals surface area contributed by atoms with Crippen LogP contribution in [-0.2, 0) is 4.74 Å². The van der Waals surface area contributed by atoms with Gasteiger partial charge in [-0.3, -0.25) is 4.79 Å². The van der Waals surface area contributed by atoms with Crippen molar-refractivity contribution >= 4 is 23.3 Å². The van der Waals surface area contributed by atoms with Crippen LogP contribution < -0.4 is 5.32 Å². The number of hydrogen-bond donors (Lipinski definition) is 1. The minimum Gasteiger partial charge on any atom is -0.378 e. The lowest BCUT2D eigenvalue weighted by atomic mass is 10.00. The van der Waals surface area contributed by atoms with Gasteiger partial charge in [-0.25, -0.2) is 4.98 Å². The number of hydrogen-bond acceptors (Lipinski definition) is 4. The molecule has 3 rings (SSSR count). The number of halogens is 1. The smallest absolute Gasteiger partial charge is 0.255 e. The van der Waals surface area contributed by atoms with E-state index in [1.165, 1.54) is 25.7 Å². The van der Waals surface area contributed by atoms with E-state index in [0.29, 0.717) is 54.7 Å². The third kappa shape index (κ3) is 3.96. The van der Waals surface area contributed by atoms with Crippen LogP contribution in [0.1, 0.15) is 43.0 Å². The van der Waals surface area contributed by atoms with Crippen LogP contribution in [0.3, 0.4) is 0 Å². The second-order valence-electron chi connectivity index (χ2n) is 6.44. The average molecular weight is 338 g/mol. The van der Waals surface area contributed by atoms with Crippen molar-refractivity contribution in [2.45, 2.75) is 38.6 Å². The van der Waals surface area contributed by atoms with E-state index < -0.39 is 0 Å². The summed E-state index contributed by atoms with van der Waals surface area (Å²) in [6, 6.07) is 2.07. The van der Waals surface area contributed by atoms with Crippen LogP contribution in [0.4, 0.5) is 5.82 Å². The van der Waals surface area contributed by atoms with E-state index in [9.17, 15) is 4.79 Å². The molecular weight excluding hydrogens is 314 g/mol. The highest BCUT2D eigenvalue weighted by atomic mass is 35.5. The molecule has 2 fully saturated rings. The summed E-state index contributed by atoms with van der Waals surface area (Å²) in [5.41, 5.74) is 0.538. The van der Waals surface area contributed by atoms with Crippen LogP contribution in [0, 0.1) is 5.92 Å². The zero-order valence-corrected chi connectivity index (χ0v) is 14.3. The first-order valence-corrected chi connectivity index (χ1v) is 8.82. The van der Waals surface area contributed by atoms with Gasteiger partial charge in [-0.1, -0.05) is 24.4 Å². The van der Waals surface area contributed by atoms with E-state index in [4.69, 9.17) is 16.3 Å². The van der Waals surface area contributed by atoms with Gasteiger partial charge in [-0.2, -0.15) is 0 Å². The van der Waals surface area contributed by atoms with E-state index in [1.807, 2.05) is 0 Å². The molecule has 1 unspecified atom stereocenters. The maximum Gasteiger partial charge on any atom is 0.255 e. The fraction of sp³-hybridized carbons (Fsp3) is 0.647. The Balaban J connectivity index is 1.66. The molecule has 5 nitrogen and oxygen atoms in total. The monoisotopic (exact) mass is 337 g/mol. The first-order valence-electron chi connectivity index (χ1n) is 8.44. The van der Waals surface area contributed by atoms with Gasteiger partial charge >= 0.3 is 0 Å². The standard InChI is InChI=1S/C17H24ClN3O2/c1-12(13-4-2-3-5-13)20-16-15(18)10-14(11-19-16)17(22)21-6-8-23-9-7-21/h10-13H,2-9H2,1H3,(H,19,20). The van der Waals surface area contributed by atoms with Crippen molar-refractivity contribution in [3.63, 3.8) is 0 Å². The molecule has 1 aliphatic heterocycles. The molecule has 1 atom stereocenters. The molecule has 1 aliphatic carbocycles. The molecule has 1 saturated heterocycles. The Morgan fingerprint density at radius 2 is 2.09 bits per heavy atom. The first kappa shape index (κ1) is 16.5. The van der Waals surface area contributed by atoms with Gasteiger partial charge in [0.05, 0.1) is 23.8 Å². The van der Waals surface area contributed by atoms with Gasteiger partial charge in [-0.15, -0.1) is 0 Å². The molecule has 0 aromatic carbocycles. The fourth-order valence-corrected chi connectivity index (χ4v) is 3.62. The molecule has 126 valence electrons. The minimum atomic E-state index is -0.0295. The number of nitrogens with zero attached hydrogens (tertiary/aromatic N) is 2. The topological polar surface area (TPSA) is 54.5 Å². The van der Waals surface area contributed by atoms with Gasteiger partial charge in [0.1, 0.15) is 5.82 Å². The Hall–Kier alpha value is -1.33. The molecule has 0 radical (unpaired) electrons. The number of amides is 1. The Bertz CT molecular complexity index is 555. The first-order chi connectivity index (χ1) is 11.1. The third-order valence-corrected chi connectivity index (χ3v) is 5.15. The average Bonchev–Trinajstić information content (AvgIpc) is 3.11. The molecule has 2 heterocycles. The summed E-state index contributed by atoms with van der Waals surface area (Å²) < 4.78 is 5.28. The minimum absolute atomic E-state index is 0.0295. The maximum absolute atomic E-state index is 12.4. The van der Waals surface area contributed by atoms with E-state index in [-0.39, 0.29) is 5.91 Å². The number of rotatable bonds is 4. The lowest BCUT2D eigenvalue weighted by molar-refractivity contribution is 0.0302. The number of nitrogens with one attached hydrogen (secondary N) is 1. The Labute approximate surface area is 142 Å². The predicted molar refractivity (Wildman–Crippen MR) is 91.0 cm³/mol. The van der Waals surface area contributed by atoms with Crippen molar-refractivity contribution < 1.29 is 9.53 Å². The van der Waals surface area contributed by atoms with Crippen molar-refractivity contribution in [1.82, 2.24) is 9.88 Å². The van der Waals surface area contributed by atoms with Gasteiger partial charge in [-0.05, 0) is 31.7 Å². The van der Waals surface area contributed by atoms with Gasteiger partial charge in [0, 0.05) is 25.3 Å². The highest BCUT2D eigenvalue weighted by Gasteiger charge is 2.23. The number of ether oxygens (including phenoxy) is 1. The Morgan fingerprint density at radius 3 is 2.74 bits per heavy atom. The highest BCUT2D eigenvalue weighted by molar-refractivity contribution is 6.33. The summed E-state index contributed by atoms with van der Waals surface area (Å²) in [6.45, 7) is 4.60. The maximum atomic E-state index is 12.4. The molecule has 23 heavy (non-hydrogen) atoms. The van der Waals surface area contributed by atoms with E-state index >= 15 is 0 Å². The zero-order chi connectivity index (χ0) is 16.2. The molecule has 2 aliphatic rings. The predicted octanol–water partition coefficient (Wildman–Crippen LogP) is 3.20. The molecule has 0 spiro atoms. The Kier molecular flexibility index (Phi) is 5.38. The number of carbonyl (C=O) groups excluding carboxylic acids is 1. The summed E-state index contributed by atoms with van der Waals surface area (Å²) in [7, 11) is 0. The Morgan fingerprint density at radius 1 is 1.39 bits per heavy atom. The summed E-state index contributed by atoms with van der Waals surface area (Å²) in [6.07, 6.45) is 6.77. The van der Waals surface area contributed by atoms with Gasteiger partial charge in [0.25, 0.3) is 5.91 Å². The number of carbonyl (C=O) groups is 1. The van der Waals surface area contributed by atoms with Crippen molar-refractivity contribution in [2.75, 3.05) is 31.6 Å². The lowest BCUT2D eigenvalue weighted by Crippen LogP contribution is -2.40. The number of anilines is 1. The second-order valence-corrected chi connectivity index (χ2v) is 6.84. The van der Waals surface area contributed by atoms with Crippen LogP contribution in [0.15, 0.2) is 12.3 Å². The summed E-state index contributed by atoms with van der Waals surface area (Å²) in [4.78, 5) is 18.6. The van der Waals surface area contributed by atoms with Crippen molar-refractivity contribution in [3.05, 3.63) is 22.8 Å². The summed E-state index contributed by atoms with van der Waals surface area (Å²) in [5.74, 6) is 1.32. The van der Waals surface area contributed by atoms with Gasteiger partial charge in [0.15, 0.2) is 0 Å². The molecule has 0 bridgehead atoms. The normalized spacial score (nSPS) is 20.5. The largest absolute Gasteiger partial charge is 0.378 e. The van der Waals surface area contributed by atoms with Crippen molar-refractivity contribution in [3.8, 4) is 0 Å². The molecule has 6 heteroatoms. The molecular formula is C17H24ClN3O2. The summed E-state index contributed by atoms with van der Waals surface area (Å²) in [5, 5.41) is 3.92. The van der Waals surface area contributed by atoms with E-state index in [2.05, 4.69) is 17.2 Å². The number of morpholine rings is 1. The van der Waals surface area contributed by atoms with Crippen LogP contribution in [0.5, 0.6) is 0 Å². The SMILES string of the molecule is CC(Nc1ncc(C(=O)N2CCOCC2)cc1Cl)C1CCCC1. The van der Waals surface area contributed by atoms with Crippen molar-refractivity contribution in [1.29, 1.82) is 0 Å². The highest BCUT2D eigenvalue weighted by Crippen LogP contribution is 2.30. The molecule has 1 amide bonds. The van der Waals surface area contributed by atoms with Crippen LogP contribution in [0.2, 0.25) is 5.02 Å². The van der Waals surface area contributed by atoms with Crippen LogP contribution in [-0.4, -0.2) is 48.1 Å². The molecule has 1 saturated carbocycles. The summed E-state index contributed by atoms with van der Waals surface area (Å²) >= 11 is 6.34. The second kappa shape index (κ2) is 7.49. The molecule has 1 N–H and O–H groups in total. The number of aromatic nitrogens is 1. The van der Waals surface area contributed by atoms with Crippen molar-refractivity contribution in [2.24, 2.45) is 5.92 Å². The number of pyridine rings is 1. The van der Waals surface area contributed by atoms with Crippen LogP contribution in [0.25, 0.3) is 0 Å². The lowest BCUT2D eigenvalue weighted by Gasteiger charge is -2.27. The van der Waals surface area contributed by atoms with Crippen LogP contribution >= 0.6 is 11.6 Å². The quantitative estimate of drug-likeness (QED) is 0.916.